The first kappa shape index (κ1) is 16.1. The molecule has 1 saturated carbocycles. The Morgan fingerprint density at radius 3 is 2.58 bits per heavy atom. The smallest absolute Gasteiger partial charge is 0.306 e. The molecule has 1 amide bonds. The number of carboxylic acid groups (broad SMARTS) is 1. The van der Waals surface area contributed by atoms with Crippen LogP contribution in [-0.4, -0.2) is 22.0 Å². The van der Waals surface area contributed by atoms with Crippen molar-refractivity contribution >= 4 is 28.3 Å². The van der Waals surface area contributed by atoms with Gasteiger partial charge in [-0.05, 0) is 19.3 Å². The van der Waals surface area contributed by atoms with Crippen molar-refractivity contribution in [3.63, 3.8) is 0 Å². The lowest BCUT2D eigenvalue weighted by Crippen LogP contribution is -2.21. The van der Waals surface area contributed by atoms with Crippen molar-refractivity contribution in [2.24, 2.45) is 11.8 Å². The molecule has 1 aliphatic carbocycles. The molecule has 2 atom stereocenters. The van der Waals surface area contributed by atoms with Crippen molar-refractivity contribution in [1.29, 1.82) is 5.26 Å². The molecular weight excluding hydrogens is 326 g/mol. The highest BCUT2D eigenvalue weighted by molar-refractivity contribution is 7.16. The number of nitrogens with zero attached hydrogens (tertiary/aromatic N) is 2. The molecule has 0 radical (unpaired) electrons. The number of nitrogens with one attached hydrogen (secondary N) is 1. The van der Waals surface area contributed by atoms with Gasteiger partial charge in [0.2, 0.25) is 5.91 Å². The van der Waals surface area contributed by atoms with E-state index in [9.17, 15) is 14.9 Å². The van der Waals surface area contributed by atoms with Gasteiger partial charge in [-0.1, -0.05) is 41.7 Å². The SMILES string of the molecule is N#Cc1sc(NC(=O)[C@H]2CC[C@H](C(=O)O)C2)nc1-c1ccccc1. The van der Waals surface area contributed by atoms with Crippen LogP contribution in [0, 0.1) is 23.2 Å². The van der Waals surface area contributed by atoms with E-state index in [1.54, 1.807) is 0 Å². The third-order valence-electron chi connectivity index (χ3n) is 4.16. The third kappa shape index (κ3) is 3.29. The van der Waals surface area contributed by atoms with Crippen LogP contribution in [0.2, 0.25) is 0 Å². The number of rotatable bonds is 4. The molecule has 6 nitrogen and oxygen atoms in total. The van der Waals surface area contributed by atoms with Crippen molar-refractivity contribution in [3.05, 3.63) is 35.2 Å². The molecule has 1 aromatic carbocycles. The Balaban J connectivity index is 1.75. The minimum Gasteiger partial charge on any atom is -0.481 e. The maximum Gasteiger partial charge on any atom is 0.306 e. The van der Waals surface area contributed by atoms with E-state index < -0.39 is 11.9 Å². The summed E-state index contributed by atoms with van der Waals surface area (Å²) in [4.78, 5) is 28.1. The Morgan fingerprint density at radius 2 is 1.96 bits per heavy atom. The van der Waals surface area contributed by atoms with E-state index in [2.05, 4.69) is 16.4 Å². The molecule has 24 heavy (non-hydrogen) atoms. The predicted molar refractivity (Wildman–Crippen MR) is 89.4 cm³/mol. The van der Waals surface area contributed by atoms with Crippen LogP contribution in [-0.2, 0) is 9.59 Å². The lowest BCUT2D eigenvalue weighted by atomic mass is 10.0. The van der Waals surface area contributed by atoms with Crippen molar-refractivity contribution < 1.29 is 14.7 Å². The number of amides is 1. The number of aliphatic carboxylic acids is 1. The molecule has 1 fully saturated rings. The average molecular weight is 341 g/mol. The number of carboxylic acids is 1. The van der Waals surface area contributed by atoms with Crippen molar-refractivity contribution in [3.8, 4) is 17.3 Å². The number of thiazole rings is 1. The second kappa shape index (κ2) is 6.81. The van der Waals surface area contributed by atoms with E-state index in [1.165, 1.54) is 0 Å². The van der Waals surface area contributed by atoms with Gasteiger partial charge in [-0.15, -0.1) is 0 Å². The molecule has 3 rings (SSSR count). The van der Waals surface area contributed by atoms with Gasteiger partial charge in [-0.25, -0.2) is 4.98 Å². The van der Waals surface area contributed by atoms with E-state index >= 15 is 0 Å². The molecule has 1 aliphatic rings. The van der Waals surface area contributed by atoms with Gasteiger partial charge in [0.25, 0.3) is 0 Å². The summed E-state index contributed by atoms with van der Waals surface area (Å²) < 4.78 is 0. The zero-order valence-electron chi connectivity index (χ0n) is 12.7. The largest absolute Gasteiger partial charge is 0.481 e. The molecule has 0 bridgehead atoms. The monoisotopic (exact) mass is 341 g/mol. The number of carbonyl (C=O) groups is 2. The van der Waals surface area contributed by atoms with E-state index in [-0.39, 0.29) is 11.8 Å². The van der Waals surface area contributed by atoms with Gasteiger partial charge in [0.1, 0.15) is 16.6 Å². The molecule has 122 valence electrons. The second-order valence-corrected chi connectivity index (χ2v) is 6.71. The van der Waals surface area contributed by atoms with Crippen LogP contribution in [0.1, 0.15) is 24.1 Å². The van der Waals surface area contributed by atoms with Crippen molar-refractivity contribution in [2.45, 2.75) is 19.3 Å². The summed E-state index contributed by atoms with van der Waals surface area (Å²) in [5.74, 6) is -1.85. The standard InChI is InChI=1S/C17H15N3O3S/c18-9-13-14(10-4-2-1-3-5-10)19-17(24-13)20-15(21)11-6-7-12(8-11)16(22)23/h1-5,11-12H,6-8H2,(H,22,23)(H,19,20,21)/t11-,12-/m0/s1. The lowest BCUT2D eigenvalue weighted by Gasteiger charge is -2.08. The van der Waals surface area contributed by atoms with Crippen LogP contribution in [0.5, 0.6) is 0 Å². The maximum absolute atomic E-state index is 12.3. The molecule has 0 aliphatic heterocycles. The van der Waals surface area contributed by atoms with E-state index in [1.807, 2.05) is 30.3 Å². The lowest BCUT2D eigenvalue weighted by molar-refractivity contribution is -0.141. The molecule has 7 heteroatoms. The average Bonchev–Trinajstić information content (AvgIpc) is 3.22. The minimum atomic E-state index is -0.849. The second-order valence-electron chi connectivity index (χ2n) is 5.71. The van der Waals surface area contributed by atoms with Crippen molar-refractivity contribution in [2.75, 3.05) is 5.32 Å². The number of carbonyl (C=O) groups excluding carboxylic acids is 1. The summed E-state index contributed by atoms with van der Waals surface area (Å²) in [5, 5.41) is 21.4. The molecule has 0 unspecified atom stereocenters. The topological polar surface area (TPSA) is 103 Å². The fraction of sp³-hybridized carbons (Fsp3) is 0.294. The van der Waals surface area contributed by atoms with E-state index in [0.717, 1.165) is 16.9 Å². The first-order valence-corrected chi connectivity index (χ1v) is 8.40. The zero-order chi connectivity index (χ0) is 17.1. The summed E-state index contributed by atoms with van der Waals surface area (Å²) in [5.41, 5.74) is 1.37. The molecular formula is C17H15N3O3S. The van der Waals surface area contributed by atoms with Gasteiger partial charge in [-0.2, -0.15) is 5.26 Å². The Bertz CT molecular complexity index is 810. The third-order valence-corrected chi connectivity index (χ3v) is 5.03. The quantitative estimate of drug-likeness (QED) is 0.889. The zero-order valence-corrected chi connectivity index (χ0v) is 13.5. The molecule has 2 aromatic rings. The number of benzene rings is 1. The Labute approximate surface area is 142 Å². The molecule has 2 N–H and O–H groups in total. The summed E-state index contributed by atoms with van der Waals surface area (Å²) >= 11 is 1.13. The van der Waals surface area contributed by atoms with Gasteiger partial charge < -0.3 is 10.4 Å². The number of hydrogen-bond acceptors (Lipinski definition) is 5. The highest BCUT2D eigenvalue weighted by atomic mass is 32.1. The Morgan fingerprint density at radius 1 is 1.25 bits per heavy atom. The van der Waals surface area contributed by atoms with Crippen molar-refractivity contribution in [1.82, 2.24) is 4.98 Å². The number of anilines is 1. The van der Waals surface area contributed by atoms with Crippen LogP contribution in [0.15, 0.2) is 30.3 Å². The van der Waals surface area contributed by atoms with Crippen LogP contribution in [0.3, 0.4) is 0 Å². The van der Waals surface area contributed by atoms with Gasteiger partial charge in [0.05, 0.1) is 5.92 Å². The fourth-order valence-corrected chi connectivity index (χ4v) is 3.68. The maximum atomic E-state index is 12.3. The normalized spacial score (nSPS) is 19.6. The van der Waals surface area contributed by atoms with Crippen LogP contribution in [0.25, 0.3) is 11.3 Å². The first-order chi connectivity index (χ1) is 11.6. The summed E-state index contributed by atoms with van der Waals surface area (Å²) in [6.07, 6.45) is 1.43. The van der Waals surface area contributed by atoms with E-state index in [4.69, 9.17) is 5.11 Å². The molecule has 1 heterocycles. The summed E-state index contributed by atoms with van der Waals surface area (Å²) in [6, 6.07) is 11.4. The highest BCUT2D eigenvalue weighted by Gasteiger charge is 2.34. The van der Waals surface area contributed by atoms with Gasteiger partial charge >= 0.3 is 5.97 Å². The number of nitriles is 1. The number of hydrogen-bond donors (Lipinski definition) is 2. The molecule has 0 spiro atoms. The van der Waals surface area contributed by atoms with Gasteiger partial charge in [0, 0.05) is 11.5 Å². The predicted octanol–water partition coefficient (Wildman–Crippen LogP) is 3.12. The fourth-order valence-electron chi connectivity index (χ4n) is 2.89. The summed E-state index contributed by atoms with van der Waals surface area (Å²) in [7, 11) is 0. The first-order valence-electron chi connectivity index (χ1n) is 7.58. The van der Waals surface area contributed by atoms with Gasteiger partial charge in [0.15, 0.2) is 5.13 Å². The molecule has 0 saturated heterocycles. The van der Waals surface area contributed by atoms with E-state index in [0.29, 0.717) is 35.0 Å². The van der Waals surface area contributed by atoms with Crippen LogP contribution < -0.4 is 5.32 Å². The summed E-state index contributed by atoms with van der Waals surface area (Å²) in [6.45, 7) is 0. The Kier molecular flexibility index (Phi) is 4.58. The van der Waals surface area contributed by atoms with Gasteiger partial charge in [-0.3, -0.25) is 9.59 Å². The minimum absolute atomic E-state index is 0.225. The number of aromatic nitrogens is 1. The van der Waals surface area contributed by atoms with Crippen LogP contribution in [0.4, 0.5) is 5.13 Å². The van der Waals surface area contributed by atoms with Crippen LogP contribution >= 0.6 is 11.3 Å². The highest BCUT2D eigenvalue weighted by Crippen LogP contribution is 2.34. The Hall–Kier alpha value is -2.72. The molecule has 1 aromatic heterocycles.